The number of ether oxygens (including phenoxy) is 1. The summed E-state index contributed by atoms with van der Waals surface area (Å²) in [5.74, 6) is 0.0443. The second-order valence-corrected chi connectivity index (χ2v) is 6.82. The molecule has 0 saturated carbocycles. The van der Waals surface area contributed by atoms with Crippen LogP contribution >= 0.6 is 0 Å². The summed E-state index contributed by atoms with van der Waals surface area (Å²) >= 11 is 0. The van der Waals surface area contributed by atoms with Crippen molar-refractivity contribution >= 4 is 5.97 Å². The van der Waals surface area contributed by atoms with Gasteiger partial charge in [0.2, 0.25) is 0 Å². The van der Waals surface area contributed by atoms with Crippen LogP contribution in [0.5, 0.6) is 0 Å². The van der Waals surface area contributed by atoms with Crippen LogP contribution in [0, 0.1) is 17.3 Å². The van der Waals surface area contributed by atoms with E-state index >= 15 is 0 Å². The van der Waals surface area contributed by atoms with Gasteiger partial charge in [0.1, 0.15) is 0 Å². The highest BCUT2D eigenvalue weighted by Crippen LogP contribution is 2.46. The molecule has 2 unspecified atom stereocenters. The number of hydrogen-bond donors (Lipinski definition) is 1. The van der Waals surface area contributed by atoms with Crippen LogP contribution in [0.1, 0.15) is 59.3 Å². The predicted molar refractivity (Wildman–Crippen MR) is 90.9 cm³/mol. The van der Waals surface area contributed by atoms with Crippen LogP contribution in [0.4, 0.5) is 0 Å². The van der Waals surface area contributed by atoms with E-state index in [9.17, 15) is 9.90 Å². The first-order valence-corrected chi connectivity index (χ1v) is 8.58. The van der Waals surface area contributed by atoms with Gasteiger partial charge in [-0.1, -0.05) is 63.8 Å². The molecule has 0 aromatic heterocycles. The van der Waals surface area contributed by atoms with Crippen molar-refractivity contribution in [3.8, 4) is 0 Å². The van der Waals surface area contributed by atoms with E-state index in [-0.39, 0.29) is 5.92 Å². The molecule has 0 spiro atoms. The highest BCUT2D eigenvalue weighted by molar-refractivity contribution is 5.79. The Labute approximate surface area is 135 Å². The lowest BCUT2D eigenvalue weighted by molar-refractivity contribution is -0.149. The molecular weight excluding hydrogens is 276 g/mol. The van der Waals surface area contributed by atoms with Crippen molar-refractivity contribution in [2.75, 3.05) is 13.7 Å². The average molecular weight is 308 g/mol. The lowest BCUT2D eigenvalue weighted by atomic mass is 9.64. The maximum atomic E-state index is 12.1. The van der Waals surface area contributed by atoms with Gasteiger partial charge in [-0.3, -0.25) is 4.79 Å². The maximum absolute atomic E-state index is 12.1. The summed E-state index contributed by atoms with van der Waals surface area (Å²) in [4.78, 5) is 12.1. The van der Waals surface area contributed by atoms with Crippen LogP contribution in [-0.4, -0.2) is 24.8 Å². The molecule has 3 nitrogen and oxygen atoms in total. The Balaban J connectivity index is 2.98. The molecule has 3 heteroatoms. The molecule has 1 aliphatic carbocycles. The molecule has 0 aromatic carbocycles. The molecule has 1 rings (SSSR count). The number of carboxylic acids is 1. The van der Waals surface area contributed by atoms with Crippen molar-refractivity contribution < 1.29 is 14.6 Å². The Morgan fingerprint density at radius 3 is 2.73 bits per heavy atom. The fraction of sp³-hybridized carbons (Fsp3) is 0.737. The summed E-state index contributed by atoms with van der Waals surface area (Å²) in [6.07, 6.45) is 11.5. The molecular formula is C19H32O3. The molecule has 1 N–H and O–H groups in total. The molecule has 0 aliphatic heterocycles. The second kappa shape index (κ2) is 9.14. The van der Waals surface area contributed by atoms with Gasteiger partial charge in [-0.2, -0.15) is 0 Å². The van der Waals surface area contributed by atoms with Crippen LogP contribution in [-0.2, 0) is 9.53 Å². The highest BCUT2D eigenvalue weighted by atomic mass is 16.5. The first kappa shape index (κ1) is 19.0. The summed E-state index contributed by atoms with van der Waals surface area (Å²) in [6.45, 7) is 7.17. The molecule has 0 aromatic rings. The van der Waals surface area contributed by atoms with E-state index < -0.39 is 11.4 Å². The minimum atomic E-state index is -0.733. The van der Waals surface area contributed by atoms with Crippen LogP contribution in [0.2, 0.25) is 0 Å². The van der Waals surface area contributed by atoms with Gasteiger partial charge < -0.3 is 9.84 Å². The number of carbonyl (C=O) groups is 1. The van der Waals surface area contributed by atoms with Gasteiger partial charge in [0.25, 0.3) is 0 Å². The summed E-state index contributed by atoms with van der Waals surface area (Å²) < 4.78 is 5.20. The largest absolute Gasteiger partial charge is 0.481 e. The van der Waals surface area contributed by atoms with Gasteiger partial charge in [-0.15, -0.1) is 0 Å². The number of carboxylic acid groups (broad SMARTS) is 1. The van der Waals surface area contributed by atoms with E-state index in [0.717, 1.165) is 38.5 Å². The molecule has 0 radical (unpaired) electrons. The Morgan fingerprint density at radius 1 is 1.45 bits per heavy atom. The second-order valence-electron chi connectivity index (χ2n) is 6.82. The van der Waals surface area contributed by atoms with Gasteiger partial charge in [0, 0.05) is 13.7 Å². The van der Waals surface area contributed by atoms with Gasteiger partial charge in [0.05, 0.1) is 5.41 Å². The maximum Gasteiger partial charge on any atom is 0.314 e. The third-order valence-electron chi connectivity index (χ3n) is 4.72. The first-order chi connectivity index (χ1) is 10.5. The SMILES string of the molecule is CCCC1C(CCOC)=CC=CC1(CCCC(C)C)C(=O)O. The smallest absolute Gasteiger partial charge is 0.314 e. The molecule has 126 valence electrons. The zero-order valence-electron chi connectivity index (χ0n) is 14.6. The van der Waals surface area contributed by atoms with Crippen molar-refractivity contribution in [1.29, 1.82) is 0 Å². The first-order valence-electron chi connectivity index (χ1n) is 8.58. The fourth-order valence-corrected chi connectivity index (χ4v) is 3.50. The molecule has 0 bridgehead atoms. The van der Waals surface area contributed by atoms with E-state index in [1.54, 1.807) is 7.11 Å². The van der Waals surface area contributed by atoms with Crippen molar-refractivity contribution in [3.63, 3.8) is 0 Å². The Morgan fingerprint density at radius 2 is 2.18 bits per heavy atom. The van der Waals surface area contributed by atoms with Crippen LogP contribution < -0.4 is 0 Å². The Hall–Kier alpha value is -1.09. The van der Waals surface area contributed by atoms with Crippen molar-refractivity contribution in [2.45, 2.75) is 59.3 Å². The third kappa shape index (κ3) is 4.70. The zero-order chi connectivity index (χ0) is 16.6. The van der Waals surface area contributed by atoms with Crippen molar-refractivity contribution in [1.82, 2.24) is 0 Å². The molecule has 22 heavy (non-hydrogen) atoms. The molecule has 2 atom stereocenters. The number of hydrogen-bond acceptors (Lipinski definition) is 2. The number of rotatable bonds is 10. The minimum absolute atomic E-state index is 0.0994. The quantitative estimate of drug-likeness (QED) is 0.628. The third-order valence-corrected chi connectivity index (χ3v) is 4.72. The minimum Gasteiger partial charge on any atom is -0.481 e. The van der Waals surface area contributed by atoms with Crippen molar-refractivity contribution in [3.05, 3.63) is 23.8 Å². The monoisotopic (exact) mass is 308 g/mol. The number of methoxy groups -OCH3 is 1. The topological polar surface area (TPSA) is 46.5 Å². The van der Waals surface area contributed by atoms with Crippen LogP contribution in [0.25, 0.3) is 0 Å². The van der Waals surface area contributed by atoms with Gasteiger partial charge in [-0.05, 0) is 31.1 Å². The van der Waals surface area contributed by atoms with E-state index in [1.165, 1.54) is 5.57 Å². The zero-order valence-corrected chi connectivity index (χ0v) is 14.6. The van der Waals surface area contributed by atoms with E-state index in [0.29, 0.717) is 12.5 Å². The summed E-state index contributed by atoms with van der Waals surface area (Å²) in [5.41, 5.74) is 0.501. The lowest BCUT2D eigenvalue weighted by Gasteiger charge is -2.39. The number of allylic oxidation sites excluding steroid dienone is 2. The summed E-state index contributed by atoms with van der Waals surface area (Å²) in [6, 6.07) is 0. The lowest BCUT2D eigenvalue weighted by Crippen LogP contribution is -2.39. The predicted octanol–water partition coefficient (Wildman–Crippen LogP) is 4.83. The Kier molecular flexibility index (Phi) is 7.88. The van der Waals surface area contributed by atoms with Gasteiger partial charge in [-0.25, -0.2) is 0 Å². The van der Waals surface area contributed by atoms with Crippen LogP contribution in [0.15, 0.2) is 23.8 Å². The highest BCUT2D eigenvalue weighted by Gasteiger charge is 2.45. The summed E-state index contributed by atoms with van der Waals surface area (Å²) in [7, 11) is 1.70. The molecule has 0 amide bonds. The van der Waals surface area contributed by atoms with E-state index in [4.69, 9.17) is 4.74 Å². The normalized spacial score (nSPS) is 24.6. The van der Waals surface area contributed by atoms with Gasteiger partial charge >= 0.3 is 5.97 Å². The number of aliphatic carboxylic acids is 1. The van der Waals surface area contributed by atoms with E-state index in [2.05, 4.69) is 26.8 Å². The molecule has 0 saturated heterocycles. The molecule has 0 heterocycles. The standard InChI is InChI=1S/C19H32O3/c1-5-8-17-16(11-14-22-4)10-7-13-19(17,18(20)21)12-6-9-15(2)3/h7,10,13,15,17H,5-6,8-9,11-12,14H2,1-4H3,(H,20,21). The Bertz CT molecular complexity index is 409. The molecule has 1 aliphatic rings. The van der Waals surface area contributed by atoms with Crippen molar-refractivity contribution in [2.24, 2.45) is 17.3 Å². The average Bonchev–Trinajstić information content (AvgIpc) is 2.46. The summed E-state index contributed by atoms with van der Waals surface area (Å²) in [5, 5.41) is 9.98. The fourth-order valence-electron chi connectivity index (χ4n) is 3.50. The molecule has 0 fully saturated rings. The van der Waals surface area contributed by atoms with Gasteiger partial charge in [0.15, 0.2) is 0 Å². The van der Waals surface area contributed by atoms with E-state index in [1.807, 2.05) is 12.2 Å². The van der Waals surface area contributed by atoms with Crippen LogP contribution in [0.3, 0.4) is 0 Å².